The Kier molecular flexibility index (Phi) is 2.90. The van der Waals surface area contributed by atoms with E-state index in [1.807, 2.05) is 0 Å². The molecule has 90 valence electrons. The highest BCUT2D eigenvalue weighted by Gasteiger charge is 2.38. The third kappa shape index (κ3) is 2.31. The van der Waals surface area contributed by atoms with Crippen molar-refractivity contribution in [2.24, 2.45) is 0 Å². The first-order valence-electron chi connectivity index (χ1n) is 4.49. The Morgan fingerprint density at radius 1 is 1.29 bits per heavy atom. The van der Waals surface area contributed by atoms with Gasteiger partial charge in [-0.05, 0) is 22.9 Å². The van der Waals surface area contributed by atoms with Crippen LogP contribution in [0.2, 0.25) is 0 Å². The van der Waals surface area contributed by atoms with E-state index >= 15 is 0 Å². The Bertz CT molecular complexity index is 549. The predicted molar refractivity (Wildman–Crippen MR) is 56.6 cm³/mol. The molecule has 2 heterocycles. The largest absolute Gasteiger partial charge is 0.434 e. The van der Waals surface area contributed by atoms with Gasteiger partial charge in [0.15, 0.2) is 11.5 Å². The van der Waals surface area contributed by atoms with Crippen LogP contribution in [0.3, 0.4) is 0 Å². The number of aromatic nitrogens is 4. The summed E-state index contributed by atoms with van der Waals surface area (Å²) in [6.45, 7) is 1.66. The fraction of sp³-hybridized carbons (Fsp3) is 0.222. The molecule has 0 radical (unpaired) electrons. The van der Waals surface area contributed by atoms with Gasteiger partial charge in [0.05, 0.1) is 10.7 Å². The predicted octanol–water partition coefficient (Wildman–Crippen LogP) is 2.75. The molecule has 2 rings (SSSR count). The molecule has 2 aromatic rings. The number of alkyl halides is 3. The average molecular weight is 307 g/mol. The highest BCUT2D eigenvalue weighted by atomic mass is 79.9. The summed E-state index contributed by atoms with van der Waals surface area (Å²) >= 11 is 2.82. The topological polar surface area (TPSA) is 43.6 Å². The molecule has 0 amide bonds. The number of aryl methyl sites for hydroxylation is 1. The molecule has 0 aliphatic carbocycles. The maximum Gasteiger partial charge on any atom is 0.434 e. The molecule has 2 aromatic heterocycles. The zero-order chi connectivity index (χ0) is 12.6. The summed E-state index contributed by atoms with van der Waals surface area (Å²) < 4.78 is 39.0. The van der Waals surface area contributed by atoms with E-state index in [-0.39, 0.29) is 10.3 Å². The lowest BCUT2D eigenvalue weighted by atomic mass is 10.4. The number of nitrogens with zero attached hydrogens (tertiary/aromatic N) is 4. The highest BCUT2D eigenvalue weighted by Crippen LogP contribution is 2.35. The Morgan fingerprint density at radius 2 is 2.00 bits per heavy atom. The number of hydrogen-bond acceptors (Lipinski definition) is 3. The zero-order valence-corrected chi connectivity index (χ0v) is 10.1. The van der Waals surface area contributed by atoms with Crippen LogP contribution in [0, 0.1) is 6.92 Å². The van der Waals surface area contributed by atoms with Gasteiger partial charge >= 0.3 is 6.18 Å². The van der Waals surface area contributed by atoms with Crippen LogP contribution in [0.5, 0.6) is 0 Å². The van der Waals surface area contributed by atoms with Crippen molar-refractivity contribution in [1.29, 1.82) is 0 Å². The molecule has 0 atom stereocenters. The molecule has 0 aromatic carbocycles. The SMILES string of the molecule is Cc1cc(-n2ncc(Br)c2C(F)(F)F)ncn1. The highest BCUT2D eigenvalue weighted by molar-refractivity contribution is 9.10. The Labute approximate surface area is 103 Å². The molecule has 0 fully saturated rings. The average Bonchev–Trinajstić information content (AvgIpc) is 2.59. The lowest BCUT2D eigenvalue weighted by Crippen LogP contribution is -2.15. The number of rotatable bonds is 1. The monoisotopic (exact) mass is 306 g/mol. The van der Waals surface area contributed by atoms with Gasteiger partial charge in [-0.3, -0.25) is 0 Å². The summed E-state index contributed by atoms with van der Waals surface area (Å²) in [5, 5.41) is 3.65. The standard InChI is InChI=1S/C9H6BrF3N4/c1-5-2-7(15-4-14-5)17-8(9(11,12)13)6(10)3-16-17/h2-4H,1H3. The van der Waals surface area contributed by atoms with Crippen LogP contribution in [0.1, 0.15) is 11.4 Å². The fourth-order valence-electron chi connectivity index (χ4n) is 1.31. The maximum atomic E-state index is 12.8. The lowest BCUT2D eigenvalue weighted by Gasteiger charge is -2.10. The van der Waals surface area contributed by atoms with Gasteiger partial charge in [-0.25, -0.2) is 14.6 Å². The molecular weight excluding hydrogens is 301 g/mol. The summed E-state index contributed by atoms with van der Waals surface area (Å²) in [5.41, 5.74) is -0.328. The smallest absolute Gasteiger partial charge is 0.242 e. The minimum Gasteiger partial charge on any atom is -0.242 e. The summed E-state index contributed by atoms with van der Waals surface area (Å²) in [7, 11) is 0. The summed E-state index contributed by atoms with van der Waals surface area (Å²) in [4.78, 5) is 7.58. The second kappa shape index (κ2) is 4.10. The molecule has 8 heteroatoms. The Balaban J connectivity index is 2.61. The molecule has 0 N–H and O–H groups in total. The molecule has 4 nitrogen and oxygen atoms in total. The van der Waals surface area contributed by atoms with Gasteiger partial charge in [0.2, 0.25) is 0 Å². The van der Waals surface area contributed by atoms with Crippen molar-refractivity contribution in [3.05, 3.63) is 34.5 Å². The summed E-state index contributed by atoms with van der Waals surface area (Å²) in [5.74, 6) is 0.0792. The van der Waals surface area contributed by atoms with Gasteiger partial charge in [0.1, 0.15) is 6.33 Å². The van der Waals surface area contributed by atoms with E-state index in [2.05, 4.69) is 31.0 Å². The lowest BCUT2D eigenvalue weighted by molar-refractivity contribution is -0.143. The summed E-state index contributed by atoms with van der Waals surface area (Å²) in [6, 6.07) is 1.43. The second-order valence-electron chi connectivity index (χ2n) is 3.27. The molecule has 0 aliphatic heterocycles. The van der Waals surface area contributed by atoms with Crippen LogP contribution >= 0.6 is 15.9 Å². The quantitative estimate of drug-likeness (QED) is 0.813. The number of halogens is 4. The van der Waals surface area contributed by atoms with Gasteiger partial charge in [-0.2, -0.15) is 18.3 Å². The molecule has 0 spiro atoms. The van der Waals surface area contributed by atoms with Gasteiger partial charge < -0.3 is 0 Å². The molecule has 0 bridgehead atoms. The van der Waals surface area contributed by atoms with Crippen molar-refractivity contribution < 1.29 is 13.2 Å². The molecule has 0 saturated heterocycles. The normalized spacial score (nSPS) is 11.8. The van der Waals surface area contributed by atoms with Gasteiger partial charge in [-0.15, -0.1) is 0 Å². The van der Waals surface area contributed by atoms with Crippen LogP contribution in [-0.2, 0) is 6.18 Å². The second-order valence-corrected chi connectivity index (χ2v) is 4.12. The van der Waals surface area contributed by atoms with Crippen LogP contribution < -0.4 is 0 Å². The Morgan fingerprint density at radius 3 is 2.59 bits per heavy atom. The van der Waals surface area contributed by atoms with Crippen molar-refractivity contribution in [3.8, 4) is 5.82 Å². The van der Waals surface area contributed by atoms with Gasteiger partial charge in [0.25, 0.3) is 0 Å². The van der Waals surface area contributed by atoms with E-state index in [4.69, 9.17) is 0 Å². The van der Waals surface area contributed by atoms with Gasteiger partial charge in [0, 0.05) is 11.8 Å². The summed E-state index contributed by atoms with van der Waals surface area (Å²) in [6.07, 6.45) is -2.23. The van der Waals surface area contributed by atoms with Crippen molar-refractivity contribution in [3.63, 3.8) is 0 Å². The van der Waals surface area contributed by atoms with Gasteiger partial charge in [-0.1, -0.05) is 0 Å². The third-order valence-electron chi connectivity index (χ3n) is 2.00. The molecule has 0 unspecified atom stereocenters. The minimum absolute atomic E-state index is 0.0792. The number of hydrogen-bond donors (Lipinski definition) is 0. The minimum atomic E-state index is -4.51. The first kappa shape index (κ1) is 12.0. The van der Waals surface area contributed by atoms with Crippen LogP contribution in [-0.4, -0.2) is 19.7 Å². The zero-order valence-electron chi connectivity index (χ0n) is 8.53. The third-order valence-corrected chi connectivity index (χ3v) is 2.58. The van der Waals surface area contributed by atoms with Crippen molar-refractivity contribution in [2.45, 2.75) is 13.1 Å². The van der Waals surface area contributed by atoms with E-state index in [0.717, 1.165) is 10.9 Å². The van der Waals surface area contributed by atoms with E-state index < -0.39 is 11.9 Å². The van der Waals surface area contributed by atoms with E-state index in [1.165, 1.54) is 12.4 Å². The maximum absolute atomic E-state index is 12.8. The van der Waals surface area contributed by atoms with E-state index in [1.54, 1.807) is 6.92 Å². The molecular formula is C9H6BrF3N4. The fourth-order valence-corrected chi connectivity index (χ4v) is 1.80. The van der Waals surface area contributed by atoms with Crippen molar-refractivity contribution in [1.82, 2.24) is 19.7 Å². The first-order valence-corrected chi connectivity index (χ1v) is 5.28. The van der Waals surface area contributed by atoms with Crippen LogP contribution in [0.15, 0.2) is 23.1 Å². The first-order chi connectivity index (χ1) is 7.89. The van der Waals surface area contributed by atoms with E-state index in [9.17, 15) is 13.2 Å². The molecule has 0 aliphatic rings. The molecule has 0 saturated carbocycles. The molecule has 17 heavy (non-hydrogen) atoms. The van der Waals surface area contributed by atoms with Crippen molar-refractivity contribution in [2.75, 3.05) is 0 Å². The Hall–Kier alpha value is -1.44. The van der Waals surface area contributed by atoms with E-state index in [0.29, 0.717) is 5.69 Å². The van der Waals surface area contributed by atoms with Crippen LogP contribution in [0.25, 0.3) is 5.82 Å². The van der Waals surface area contributed by atoms with Crippen molar-refractivity contribution >= 4 is 15.9 Å². The van der Waals surface area contributed by atoms with Crippen LogP contribution in [0.4, 0.5) is 13.2 Å².